The van der Waals surface area contributed by atoms with E-state index in [1.165, 1.54) is 6.08 Å². The molecule has 46 valence electrons. The highest BCUT2D eigenvalue weighted by Crippen LogP contribution is 2.16. The number of halogens is 1. The lowest BCUT2D eigenvalue weighted by atomic mass is 10.3. The van der Waals surface area contributed by atoms with Crippen LogP contribution in [0.2, 0.25) is 0 Å². The molecule has 1 heterocycles. The van der Waals surface area contributed by atoms with Crippen LogP contribution in [0.3, 0.4) is 0 Å². The summed E-state index contributed by atoms with van der Waals surface area (Å²) >= 11 is 3.04. The third-order valence-electron chi connectivity index (χ3n) is 0.804. The average molecular weight is 187 g/mol. The van der Waals surface area contributed by atoms with E-state index in [1.54, 1.807) is 0 Å². The maximum absolute atomic E-state index is 10.5. The molecule has 0 aromatic rings. The molecule has 1 aliphatic heterocycles. The molecule has 0 fully saturated rings. The molecule has 0 aromatic heterocycles. The topological polar surface area (TPSA) is 41.8 Å². The van der Waals surface area contributed by atoms with Gasteiger partial charge in [-0.25, -0.2) is 0 Å². The minimum atomic E-state index is -0.377. The van der Waals surface area contributed by atoms with Crippen molar-refractivity contribution >= 4 is 21.8 Å². The molecule has 0 spiro atoms. The molecule has 0 aliphatic carbocycles. The summed E-state index contributed by atoms with van der Waals surface area (Å²) in [6.45, 7) is 3.44. The summed E-state index contributed by atoms with van der Waals surface area (Å²) in [4.78, 5) is 10.5. The van der Waals surface area contributed by atoms with Crippen LogP contribution < -0.4 is 0 Å². The summed E-state index contributed by atoms with van der Waals surface area (Å²) in [5.41, 5.74) is 0.358. The Labute approximate surface area is 60.3 Å². The zero-order valence-corrected chi connectivity index (χ0v) is 6.05. The number of hydrogen-bond donors (Lipinski definition) is 0. The van der Waals surface area contributed by atoms with E-state index in [-0.39, 0.29) is 5.91 Å². The molecule has 9 heavy (non-hydrogen) atoms. The monoisotopic (exact) mass is 186 g/mol. The standard InChI is InChI=1S/C5H3BrN2O/c1-3-2-4(6)7-8-5(3)9/h2H,1H2. The molecule has 0 saturated heterocycles. The fourth-order valence-corrected chi connectivity index (χ4v) is 0.747. The first kappa shape index (κ1) is 6.35. The van der Waals surface area contributed by atoms with Crippen LogP contribution in [-0.2, 0) is 4.79 Å². The number of rotatable bonds is 0. The van der Waals surface area contributed by atoms with Gasteiger partial charge in [-0.3, -0.25) is 4.79 Å². The fourth-order valence-electron chi connectivity index (χ4n) is 0.392. The Kier molecular flexibility index (Phi) is 1.57. The van der Waals surface area contributed by atoms with Gasteiger partial charge in [0.2, 0.25) is 0 Å². The van der Waals surface area contributed by atoms with Crippen molar-refractivity contribution in [3.63, 3.8) is 0 Å². The molecule has 3 nitrogen and oxygen atoms in total. The van der Waals surface area contributed by atoms with Crippen LogP contribution in [-0.4, -0.2) is 5.91 Å². The molecule has 0 radical (unpaired) electrons. The van der Waals surface area contributed by atoms with Gasteiger partial charge in [-0.2, -0.15) is 0 Å². The minimum Gasteiger partial charge on any atom is -0.265 e. The second-order valence-corrected chi connectivity index (χ2v) is 2.31. The van der Waals surface area contributed by atoms with E-state index in [0.29, 0.717) is 10.2 Å². The highest BCUT2D eigenvalue weighted by Gasteiger charge is 2.07. The van der Waals surface area contributed by atoms with Crippen LogP contribution in [0.15, 0.2) is 33.1 Å². The predicted molar refractivity (Wildman–Crippen MR) is 36.0 cm³/mol. The van der Waals surface area contributed by atoms with Crippen molar-refractivity contribution in [1.82, 2.24) is 0 Å². The molecule has 1 aliphatic rings. The highest BCUT2D eigenvalue weighted by molar-refractivity contribution is 9.11. The summed E-state index contributed by atoms with van der Waals surface area (Å²) in [6.07, 6.45) is 1.52. The Morgan fingerprint density at radius 3 is 2.67 bits per heavy atom. The lowest BCUT2D eigenvalue weighted by molar-refractivity contribution is -0.114. The van der Waals surface area contributed by atoms with Gasteiger partial charge in [-0.1, -0.05) is 6.58 Å². The second-order valence-electron chi connectivity index (χ2n) is 1.50. The molecule has 1 amide bonds. The first-order chi connectivity index (χ1) is 4.20. The Bertz CT molecular complexity index is 229. The van der Waals surface area contributed by atoms with Crippen LogP contribution in [0.25, 0.3) is 0 Å². The van der Waals surface area contributed by atoms with Crippen molar-refractivity contribution in [2.75, 3.05) is 0 Å². The van der Waals surface area contributed by atoms with E-state index in [2.05, 4.69) is 32.7 Å². The normalized spacial score (nSPS) is 18.1. The van der Waals surface area contributed by atoms with Crippen molar-refractivity contribution in [3.05, 3.63) is 22.8 Å². The van der Waals surface area contributed by atoms with Gasteiger partial charge in [-0.15, -0.1) is 10.2 Å². The summed E-state index contributed by atoms with van der Waals surface area (Å²) in [5, 5.41) is 6.72. The molecule has 0 N–H and O–H groups in total. The number of amides is 1. The van der Waals surface area contributed by atoms with Crippen molar-refractivity contribution < 1.29 is 4.79 Å². The smallest absolute Gasteiger partial charge is 0.265 e. The van der Waals surface area contributed by atoms with E-state index in [0.717, 1.165) is 0 Å². The van der Waals surface area contributed by atoms with E-state index in [1.807, 2.05) is 0 Å². The van der Waals surface area contributed by atoms with Gasteiger partial charge in [0.15, 0.2) is 0 Å². The van der Waals surface area contributed by atoms with E-state index < -0.39 is 0 Å². The molecule has 0 unspecified atom stereocenters. The van der Waals surface area contributed by atoms with Gasteiger partial charge in [-0.05, 0) is 22.0 Å². The van der Waals surface area contributed by atoms with E-state index in [4.69, 9.17) is 0 Å². The number of hydrogen-bond acceptors (Lipinski definition) is 2. The molecule has 0 bridgehead atoms. The maximum atomic E-state index is 10.5. The third-order valence-corrected chi connectivity index (χ3v) is 1.19. The van der Waals surface area contributed by atoms with Crippen LogP contribution >= 0.6 is 15.9 Å². The second kappa shape index (κ2) is 2.23. The van der Waals surface area contributed by atoms with Gasteiger partial charge in [0.1, 0.15) is 4.61 Å². The Hall–Kier alpha value is -0.770. The van der Waals surface area contributed by atoms with E-state index in [9.17, 15) is 4.79 Å². The largest absolute Gasteiger partial charge is 0.294 e. The van der Waals surface area contributed by atoms with Crippen molar-refractivity contribution in [1.29, 1.82) is 0 Å². The molecular weight excluding hydrogens is 184 g/mol. The number of carbonyl (C=O) groups is 1. The molecule has 0 aromatic carbocycles. The lowest BCUT2D eigenvalue weighted by Gasteiger charge is -1.96. The summed E-state index contributed by atoms with van der Waals surface area (Å²) in [6, 6.07) is 0. The first-order valence-electron chi connectivity index (χ1n) is 2.22. The summed E-state index contributed by atoms with van der Waals surface area (Å²) < 4.78 is 0.534. The molecule has 0 atom stereocenters. The Morgan fingerprint density at radius 1 is 1.56 bits per heavy atom. The number of nitrogens with zero attached hydrogens (tertiary/aromatic N) is 2. The lowest BCUT2D eigenvalue weighted by Crippen LogP contribution is -1.96. The molecule has 1 rings (SSSR count). The first-order valence-corrected chi connectivity index (χ1v) is 3.01. The third kappa shape index (κ3) is 1.32. The minimum absolute atomic E-state index is 0.358. The summed E-state index contributed by atoms with van der Waals surface area (Å²) in [7, 11) is 0. The summed E-state index contributed by atoms with van der Waals surface area (Å²) in [5.74, 6) is -0.377. The van der Waals surface area contributed by atoms with Gasteiger partial charge in [0.05, 0.1) is 0 Å². The fraction of sp³-hybridized carbons (Fsp3) is 0. The van der Waals surface area contributed by atoms with Crippen molar-refractivity contribution in [3.8, 4) is 0 Å². The molecule has 4 heteroatoms. The number of carbonyl (C=O) groups excluding carboxylic acids is 1. The van der Waals surface area contributed by atoms with Gasteiger partial charge < -0.3 is 0 Å². The van der Waals surface area contributed by atoms with Crippen LogP contribution in [0.1, 0.15) is 0 Å². The van der Waals surface area contributed by atoms with E-state index >= 15 is 0 Å². The van der Waals surface area contributed by atoms with Crippen LogP contribution in [0.4, 0.5) is 0 Å². The zero-order chi connectivity index (χ0) is 6.85. The van der Waals surface area contributed by atoms with Gasteiger partial charge in [0, 0.05) is 5.57 Å². The maximum Gasteiger partial charge on any atom is 0.294 e. The predicted octanol–water partition coefficient (Wildman–Crippen LogP) is 1.77. The Morgan fingerprint density at radius 2 is 2.22 bits per heavy atom. The average Bonchev–Trinajstić information content (AvgIpc) is 1.80. The Balaban J connectivity index is 2.95. The number of azo groups is 1. The zero-order valence-electron chi connectivity index (χ0n) is 4.47. The highest BCUT2D eigenvalue weighted by atomic mass is 79.9. The molecule has 0 saturated carbocycles. The van der Waals surface area contributed by atoms with Crippen molar-refractivity contribution in [2.24, 2.45) is 10.2 Å². The SMILES string of the molecule is C=C1C=C(Br)N=NC1=O. The quantitative estimate of drug-likeness (QED) is 0.420. The van der Waals surface area contributed by atoms with Crippen molar-refractivity contribution in [2.45, 2.75) is 0 Å². The van der Waals surface area contributed by atoms with Crippen LogP contribution in [0.5, 0.6) is 0 Å². The molecular formula is C5H3BrN2O. The van der Waals surface area contributed by atoms with Gasteiger partial charge >= 0.3 is 0 Å². The van der Waals surface area contributed by atoms with Gasteiger partial charge in [0.25, 0.3) is 5.91 Å². The van der Waals surface area contributed by atoms with Crippen LogP contribution in [0, 0.1) is 0 Å².